The van der Waals surface area contributed by atoms with Crippen LogP contribution in [-0.4, -0.2) is 29.9 Å². The van der Waals surface area contributed by atoms with Crippen LogP contribution in [0.1, 0.15) is 49.8 Å². The van der Waals surface area contributed by atoms with Crippen molar-refractivity contribution in [1.82, 2.24) is 10.2 Å². The molecule has 0 aromatic heterocycles. The molecule has 1 fully saturated rings. The van der Waals surface area contributed by atoms with Gasteiger partial charge < -0.3 is 10.2 Å². The molecule has 1 heterocycles. The van der Waals surface area contributed by atoms with E-state index in [1.165, 1.54) is 6.07 Å². The highest BCUT2D eigenvalue weighted by molar-refractivity contribution is 5.79. The fourth-order valence-corrected chi connectivity index (χ4v) is 3.97. The molecule has 1 saturated carbocycles. The van der Waals surface area contributed by atoms with E-state index in [1.807, 2.05) is 0 Å². The molecule has 0 spiro atoms. The number of amides is 1. The molecule has 1 aliphatic carbocycles. The van der Waals surface area contributed by atoms with Crippen molar-refractivity contribution in [2.45, 2.75) is 58.3 Å². The predicted molar refractivity (Wildman–Crippen MR) is 94.5 cm³/mol. The zero-order valence-corrected chi connectivity index (χ0v) is 15.4. The number of benzene rings is 1. The second-order valence-electron chi connectivity index (χ2n) is 8.00. The number of nitrogens with one attached hydrogen (secondary N) is 1. The summed E-state index contributed by atoms with van der Waals surface area (Å²) in [6, 6.07) is 4.27. The van der Waals surface area contributed by atoms with E-state index < -0.39 is 11.7 Å². The van der Waals surface area contributed by atoms with Gasteiger partial charge in [0.1, 0.15) is 0 Å². The molecule has 1 aliphatic heterocycles. The lowest BCUT2D eigenvalue weighted by molar-refractivity contribution is -0.137. The van der Waals surface area contributed by atoms with Crippen molar-refractivity contribution in [3.8, 4) is 0 Å². The van der Waals surface area contributed by atoms with Crippen LogP contribution in [0.2, 0.25) is 0 Å². The Balaban J connectivity index is 1.62. The van der Waals surface area contributed by atoms with E-state index in [-0.39, 0.29) is 11.8 Å². The molecular weight excluding hydrogens is 341 g/mol. The third kappa shape index (κ3) is 4.40. The van der Waals surface area contributed by atoms with Crippen LogP contribution in [-0.2, 0) is 23.9 Å². The lowest BCUT2D eigenvalue weighted by Gasteiger charge is -2.31. The molecule has 3 nitrogen and oxygen atoms in total. The lowest BCUT2D eigenvalue weighted by Crippen LogP contribution is -2.40. The summed E-state index contributed by atoms with van der Waals surface area (Å²) in [7, 11) is 0. The van der Waals surface area contributed by atoms with Gasteiger partial charge in [-0.25, -0.2) is 0 Å². The van der Waals surface area contributed by atoms with Gasteiger partial charge in [0, 0.05) is 25.0 Å². The minimum absolute atomic E-state index is 0.00740. The van der Waals surface area contributed by atoms with E-state index in [4.69, 9.17) is 0 Å². The highest BCUT2D eigenvalue weighted by Gasteiger charge is 2.35. The van der Waals surface area contributed by atoms with Crippen LogP contribution < -0.4 is 5.32 Å². The molecule has 0 saturated heterocycles. The van der Waals surface area contributed by atoms with E-state index in [2.05, 4.69) is 19.2 Å². The summed E-state index contributed by atoms with van der Waals surface area (Å²) in [5.74, 6) is 0.667. The number of fused-ring (bicyclic) bond motifs is 1. The van der Waals surface area contributed by atoms with E-state index in [1.54, 1.807) is 11.0 Å². The number of hydrogen-bond acceptors (Lipinski definition) is 2. The number of hydrogen-bond donors (Lipinski definition) is 1. The molecule has 1 aromatic rings. The maximum atomic E-state index is 12.9. The smallest absolute Gasteiger partial charge is 0.338 e. The average molecular weight is 368 g/mol. The van der Waals surface area contributed by atoms with Crippen molar-refractivity contribution in [3.05, 3.63) is 34.9 Å². The van der Waals surface area contributed by atoms with Crippen LogP contribution in [0.3, 0.4) is 0 Å². The summed E-state index contributed by atoms with van der Waals surface area (Å²) < 4.78 is 38.8. The molecule has 0 radical (unpaired) electrons. The topological polar surface area (TPSA) is 32.3 Å². The van der Waals surface area contributed by atoms with Crippen molar-refractivity contribution in [2.75, 3.05) is 13.1 Å². The molecule has 1 N–H and O–H groups in total. The van der Waals surface area contributed by atoms with Crippen molar-refractivity contribution in [2.24, 2.45) is 11.8 Å². The number of alkyl halides is 3. The number of rotatable bonds is 4. The van der Waals surface area contributed by atoms with Crippen molar-refractivity contribution >= 4 is 5.91 Å². The van der Waals surface area contributed by atoms with E-state index in [0.717, 1.165) is 37.4 Å². The third-order valence-corrected chi connectivity index (χ3v) is 5.45. The molecule has 26 heavy (non-hydrogen) atoms. The lowest BCUT2D eigenvalue weighted by atomic mass is 9.95. The Labute approximate surface area is 152 Å². The maximum absolute atomic E-state index is 12.9. The SMILES string of the molecule is CC(C)CNC1CC[C@H](C(=O)N2CCc3ccc(C(F)(F)F)cc3C2)C1. The second kappa shape index (κ2) is 7.59. The Kier molecular flexibility index (Phi) is 5.61. The zero-order chi connectivity index (χ0) is 18.9. The van der Waals surface area contributed by atoms with E-state index in [9.17, 15) is 18.0 Å². The molecule has 3 rings (SSSR count). The first-order valence-corrected chi connectivity index (χ1v) is 9.45. The fraction of sp³-hybridized carbons (Fsp3) is 0.650. The second-order valence-corrected chi connectivity index (χ2v) is 8.00. The first kappa shape index (κ1) is 19.2. The van der Waals surface area contributed by atoms with Crippen molar-refractivity contribution in [3.63, 3.8) is 0 Å². The Morgan fingerprint density at radius 2 is 2.04 bits per heavy atom. The largest absolute Gasteiger partial charge is 0.416 e. The standard InChI is InChI=1S/C20H27F3N2O/c1-13(2)11-24-18-6-4-15(10-18)19(26)25-8-7-14-3-5-17(20(21,22)23)9-16(14)12-25/h3,5,9,13,15,18,24H,4,6-8,10-12H2,1-2H3/t15-,18?/m0/s1. The highest BCUT2D eigenvalue weighted by atomic mass is 19.4. The normalized spacial score (nSPS) is 23.4. The van der Waals surface area contributed by atoms with Crippen LogP contribution in [0.25, 0.3) is 0 Å². The van der Waals surface area contributed by atoms with Gasteiger partial charge in [0.15, 0.2) is 0 Å². The Bertz CT molecular complexity index is 657. The zero-order valence-electron chi connectivity index (χ0n) is 15.4. The maximum Gasteiger partial charge on any atom is 0.416 e. The van der Waals surface area contributed by atoms with Crippen LogP contribution in [0, 0.1) is 11.8 Å². The van der Waals surface area contributed by atoms with Crippen molar-refractivity contribution in [1.29, 1.82) is 0 Å². The van der Waals surface area contributed by atoms with Gasteiger partial charge in [0.05, 0.1) is 5.56 Å². The molecule has 144 valence electrons. The molecule has 6 heteroatoms. The van der Waals surface area contributed by atoms with Gasteiger partial charge in [-0.05, 0) is 61.4 Å². The fourth-order valence-electron chi connectivity index (χ4n) is 3.97. The van der Waals surface area contributed by atoms with Crippen LogP contribution >= 0.6 is 0 Å². The summed E-state index contributed by atoms with van der Waals surface area (Å²) in [6.07, 6.45) is -1.03. The van der Waals surface area contributed by atoms with E-state index in [0.29, 0.717) is 37.0 Å². The summed E-state index contributed by atoms with van der Waals surface area (Å²) >= 11 is 0. The minimum Gasteiger partial charge on any atom is -0.338 e. The quantitative estimate of drug-likeness (QED) is 0.871. The summed E-state index contributed by atoms with van der Waals surface area (Å²) in [5, 5.41) is 3.51. The van der Waals surface area contributed by atoms with Crippen LogP contribution in [0.5, 0.6) is 0 Å². The molecule has 2 atom stereocenters. The highest BCUT2D eigenvalue weighted by Crippen LogP contribution is 2.33. The van der Waals surface area contributed by atoms with Gasteiger partial charge in [-0.15, -0.1) is 0 Å². The number of halogens is 3. The minimum atomic E-state index is -4.35. The Hall–Kier alpha value is -1.56. The van der Waals surface area contributed by atoms with Gasteiger partial charge in [0.25, 0.3) is 0 Å². The molecule has 0 bridgehead atoms. The van der Waals surface area contributed by atoms with Crippen molar-refractivity contribution < 1.29 is 18.0 Å². The predicted octanol–water partition coefficient (Wildman–Crippen LogP) is 4.00. The molecule has 1 aromatic carbocycles. The first-order valence-electron chi connectivity index (χ1n) is 9.45. The van der Waals surface area contributed by atoms with Gasteiger partial charge in [0.2, 0.25) is 5.91 Å². The number of nitrogens with zero attached hydrogens (tertiary/aromatic N) is 1. The van der Waals surface area contributed by atoms with Gasteiger partial charge in [-0.3, -0.25) is 4.79 Å². The summed E-state index contributed by atoms with van der Waals surface area (Å²) in [4.78, 5) is 14.6. The van der Waals surface area contributed by atoms with E-state index >= 15 is 0 Å². The van der Waals surface area contributed by atoms with Crippen LogP contribution in [0.15, 0.2) is 18.2 Å². The monoisotopic (exact) mass is 368 g/mol. The van der Waals surface area contributed by atoms with Gasteiger partial charge in [-0.2, -0.15) is 13.2 Å². The molecule has 2 aliphatic rings. The first-order chi connectivity index (χ1) is 12.2. The van der Waals surface area contributed by atoms with Gasteiger partial charge in [-0.1, -0.05) is 19.9 Å². The van der Waals surface area contributed by atoms with Crippen LogP contribution in [0.4, 0.5) is 13.2 Å². The number of carbonyl (C=O) groups is 1. The average Bonchev–Trinajstić information content (AvgIpc) is 3.06. The van der Waals surface area contributed by atoms with Gasteiger partial charge >= 0.3 is 6.18 Å². The summed E-state index contributed by atoms with van der Waals surface area (Å²) in [5.41, 5.74) is 0.918. The third-order valence-electron chi connectivity index (χ3n) is 5.45. The Morgan fingerprint density at radius 3 is 2.73 bits per heavy atom. The molecular formula is C20H27F3N2O. The molecule has 1 unspecified atom stereocenters. The molecule has 1 amide bonds. The summed E-state index contributed by atoms with van der Waals surface area (Å²) in [6.45, 7) is 6.15. The number of carbonyl (C=O) groups excluding carboxylic acids is 1. The Morgan fingerprint density at radius 1 is 1.27 bits per heavy atom.